The van der Waals surface area contributed by atoms with Crippen LogP contribution in [0.3, 0.4) is 0 Å². The topological polar surface area (TPSA) is 325 Å². The van der Waals surface area contributed by atoms with Gasteiger partial charge in [-0.2, -0.15) is 10.2 Å². The summed E-state index contributed by atoms with van der Waals surface area (Å²) >= 11 is 0. The Balaban J connectivity index is 1.02. The van der Waals surface area contributed by atoms with Crippen molar-refractivity contribution in [3.05, 3.63) is 241 Å². The molecule has 0 atom stereocenters. The quantitative estimate of drug-likeness (QED) is 0.00855. The SMILES string of the molecule is C=CC(=O)OCCCCCCOc1ccc(C(=O)OCC(COC(=O)c2ccc(OCCCCCCOC(=O)C=C)cc2)OC(=O)c2ccc(/C=N/N=C/c3ccc(C(=O)OC(COC(=O)c4ccc(OCCCCCCOC(=O)C=C)cc4)COC(=O)c4ccc(OCCCCCCOC(=O)C=C)cc4)cc3)cc2)cc1. The lowest BCUT2D eigenvalue weighted by Crippen LogP contribution is -2.31. The summed E-state index contributed by atoms with van der Waals surface area (Å²) in [5, 5.41) is 8.26. The van der Waals surface area contributed by atoms with Crippen molar-refractivity contribution in [2.24, 2.45) is 10.2 Å². The molecule has 0 unspecified atom stereocenters. The molecule has 0 aromatic heterocycles. The molecular weight excluding hydrogens is 1440 g/mol. The van der Waals surface area contributed by atoms with Gasteiger partial charge in [0, 0.05) is 24.3 Å². The molecule has 112 heavy (non-hydrogen) atoms. The molecule has 6 rings (SSSR count). The van der Waals surface area contributed by atoms with E-state index in [1.54, 1.807) is 72.8 Å². The summed E-state index contributed by atoms with van der Waals surface area (Å²) in [5.41, 5.74) is 2.04. The molecule has 0 heterocycles. The van der Waals surface area contributed by atoms with Gasteiger partial charge in [-0.3, -0.25) is 0 Å². The van der Waals surface area contributed by atoms with Crippen molar-refractivity contribution in [2.45, 2.75) is 115 Å². The van der Waals surface area contributed by atoms with Crippen LogP contribution in [-0.2, 0) is 66.5 Å². The van der Waals surface area contributed by atoms with Crippen molar-refractivity contribution in [1.82, 2.24) is 0 Å². The minimum atomic E-state index is -1.25. The van der Waals surface area contributed by atoms with Gasteiger partial charge in [0.2, 0.25) is 0 Å². The molecule has 0 aliphatic heterocycles. The van der Waals surface area contributed by atoms with Crippen molar-refractivity contribution in [3.63, 3.8) is 0 Å². The van der Waals surface area contributed by atoms with Crippen LogP contribution in [-0.4, -0.2) is 164 Å². The lowest BCUT2D eigenvalue weighted by Gasteiger charge is -2.18. The maximum atomic E-state index is 13.7. The van der Waals surface area contributed by atoms with Gasteiger partial charge >= 0.3 is 59.7 Å². The number of nitrogens with zero attached hydrogens (tertiary/aromatic N) is 2. The summed E-state index contributed by atoms with van der Waals surface area (Å²) in [5.74, 6) is -4.29. The van der Waals surface area contributed by atoms with E-state index >= 15 is 0 Å². The van der Waals surface area contributed by atoms with Gasteiger partial charge in [-0.1, -0.05) is 50.6 Å². The van der Waals surface area contributed by atoms with Crippen LogP contribution in [0.25, 0.3) is 0 Å². The molecule has 0 aliphatic carbocycles. The van der Waals surface area contributed by atoms with Crippen LogP contribution in [0.4, 0.5) is 0 Å². The zero-order chi connectivity index (χ0) is 80.2. The average molecular weight is 1540 g/mol. The largest absolute Gasteiger partial charge is 0.494 e. The van der Waals surface area contributed by atoms with Crippen LogP contribution in [0.2, 0.25) is 0 Å². The fourth-order valence-electron chi connectivity index (χ4n) is 9.96. The first kappa shape index (κ1) is 88.4. The first-order chi connectivity index (χ1) is 54.5. The lowest BCUT2D eigenvalue weighted by molar-refractivity contribution is -0.138. The van der Waals surface area contributed by atoms with Crippen LogP contribution in [0.5, 0.6) is 23.0 Å². The number of ether oxygens (including phenoxy) is 14. The van der Waals surface area contributed by atoms with E-state index in [0.29, 0.717) is 113 Å². The Kier molecular flexibility index (Phi) is 41.5. The second kappa shape index (κ2) is 52.6. The Morgan fingerprint density at radius 1 is 0.250 bits per heavy atom. The number of hydrogen-bond acceptors (Lipinski definition) is 26. The molecule has 0 saturated heterocycles. The summed E-state index contributed by atoms with van der Waals surface area (Å²) in [7, 11) is 0. The highest BCUT2D eigenvalue weighted by Crippen LogP contribution is 2.21. The summed E-state index contributed by atoms with van der Waals surface area (Å²) in [6.07, 6.45) is 17.5. The summed E-state index contributed by atoms with van der Waals surface area (Å²) < 4.78 is 77.2. The zero-order valence-corrected chi connectivity index (χ0v) is 62.8. The molecule has 0 radical (unpaired) electrons. The van der Waals surface area contributed by atoms with Crippen LogP contribution >= 0.6 is 0 Å². The second-order valence-corrected chi connectivity index (χ2v) is 24.8. The standard InChI is InChI=1S/C86H96N2O24/c1-5-77(89)103-53-21-13-9-17-49-99-71-41-33-65(34-42-71)81(93)107-59-75(60-108-82(94)66-35-43-72(44-36-66)100-50-18-10-14-22-54-104-78(90)6-2)111-85(97)69-29-25-63(26-30-69)57-87-88-58-64-27-31-70(32-28-64)86(98)112-76(61-109-83(95)67-37-45-73(46-38-67)101-51-19-11-15-23-55-105-79(91)7-3)62-110-84(96)68-39-47-74(48-40-68)102-52-20-12-16-24-56-106-80(92)8-4/h5-8,25-48,57-58,75-76H,1-4,9-24,49-56,59-62H2/b87-57+,88-58+. The third-order valence-electron chi connectivity index (χ3n) is 16.2. The Labute approximate surface area is 651 Å². The minimum absolute atomic E-state index is 0.108. The van der Waals surface area contributed by atoms with Crippen molar-refractivity contribution in [2.75, 3.05) is 79.3 Å². The molecule has 0 saturated carbocycles. The molecule has 0 N–H and O–H groups in total. The maximum absolute atomic E-state index is 13.7. The van der Waals surface area contributed by atoms with Crippen molar-refractivity contribution >= 4 is 72.1 Å². The number of hydrogen-bond donors (Lipinski definition) is 0. The van der Waals surface area contributed by atoms with Gasteiger partial charge in [-0.05, 0) is 235 Å². The number of esters is 10. The first-order valence-electron chi connectivity index (χ1n) is 37.0. The predicted octanol–water partition coefficient (Wildman–Crippen LogP) is 14.3. The Hall–Kier alpha value is -12.5. The van der Waals surface area contributed by atoms with Gasteiger partial charge < -0.3 is 66.3 Å². The van der Waals surface area contributed by atoms with Crippen molar-refractivity contribution < 1.29 is 114 Å². The van der Waals surface area contributed by atoms with E-state index in [4.69, 9.17) is 66.3 Å². The van der Waals surface area contributed by atoms with Gasteiger partial charge in [0.25, 0.3) is 0 Å². The summed E-state index contributed by atoms with van der Waals surface area (Å²) in [6.45, 7) is 14.6. The van der Waals surface area contributed by atoms with Crippen LogP contribution in [0.15, 0.2) is 206 Å². The maximum Gasteiger partial charge on any atom is 0.338 e. The molecule has 0 fully saturated rings. The van der Waals surface area contributed by atoms with Gasteiger partial charge in [0.05, 0.1) is 98.7 Å². The van der Waals surface area contributed by atoms with Gasteiger partial charge in [-0.15, -0.1) is 0 Å². The molecule has 0 amide bonds. The van der Waals surface area contributed by atoms with Gasteiger partial charge in [0.1, 0.15) is 49.4 Å². The Morgan fingerprint density at radius 3 is 0.661 bits per heavy atom. The summed E-state index contributed by atoms with van der Waals surface area (Å²) in [6, 6.07) is 37.5. The lowest BCUT2D eigenvalue weighted by atomic mass is 10.1. The number of rotatable bonds is 55. The molecule has 0 spiro atoms. The summed E-state index contributed by atoms with van der Waals surface area (Å²) in [4.78, 5) is 126. The van der Waals surface area contributed by atoms with Crippen LogP contribution < -0.4 is 18.9 Å². The highest BCUT2D eigenvalue weighted by molar-refractivity contribution is 5.94. The molecule has 26 heteroatoms. The minimum Gasteiger partial charge on any atom is -0.494 e. The molecule has 0 aliphatic rings. The van der Waals surface area contributed by atoms with Gasteiger partial charge in [-0.25, -0.2) is 47.9 Å². The van der Waals surface area contributed by atoms with E-state index in [-0.39, 0.29) is 33.4 Å². The van der Waals surface area contributed by atoms with Gasteiger partial charge in [0.15, 0.2) is 12.2 Å². The third kappa shape index (κ3) is 36.2. The second-order valence-electron chi connectivity index (χ2n) is 24.8. The normalized spacial score (nSPS) is 10.8. The average Bonchev–Trinajstić information content (AvgIpc) is 0.932. The smallest absolute Gasteiger partial charge is 0.338 e. The first-order valence-corrected chi connectivity index (χ1v) is 37.0. The third-order valence-corrected chi connectivity index (χ3v) is 16.2. The molecule has 594 valence electrons. The number of benzene rings is 6. The van der Waals surface area contributed by atoms with E-state index in [9.17, 15) is 47.9 Å². The fourth-order valence-corrected chi connectivity index (χ4v) is 9.96. The Bertz CT molecular complexity index is 3570. The molecule has 6 aromatic carbocycles. The number of unbranched alkanes of at least 4 members (excludes halogenated alkanes) is 12. The highest BCUT2D eigenvalue weighted by atomic mass is 16.6. The zero-order valence-electron chi connectivity index (χ0n) is 62.8. The van der Waals surface area contributed by atoms with Crippen LogP contribution in [0.1, 0.15) is 176 Å². The Morgan fingerprint density at radius 2 is 0.446 bits per heavy atom. The number of carbonyl (C=O) groups is 10. The predicted molar refractivity (Wildman–Crippen MR) is 414 cm³/mol. The van der Waals surface area contributed by atoms with Crippen molar-refractivity contribution in [3.8, 4) is 23.0 Å². The highest BCUT2D eigenvalue weighted by Gasteiger charge is 2.25. The fraction of sp³-hybridized carbons (Fsp3) is 0.349. The molecule has 26 nitrogen and oxygen atoms in total. The van der Waals surface area contributed by atoms with E-state index in [1.807, 2.05) is 0 Å². The molecular formula is C86H96N2O24. The van der Waals surface area contributed by atoms with E-state index < -0.39 is 98.3 Å². The van der Waals surface area contributed by atoms with E-state index in [1.165, 1.54) is 85.2 Å². The van der Waals surface area contributed by atoms with Crippen molar-refractivity contribution in [1.29, 1.82) is 0 Å². The monoisotopic (exact) mass is 1540 g/mol. The van der Waals surface area contributed by atoms with E-state index in [0.717, 1.165) is 101 Å². The molecule has 6 aromatic rings. The van der Waals surface area contributed by atoms with Crippen LogP contribution in [0, 0.1) is 0 Å². The van der Waals surface area contributed by atoms with E-state index in [2.05, 4.69) is 36.5 Å². The molecule has 0 bridgehead atoms. The number of carbonyl (C=O) groups excluding carboxylic acids is 10.